The van der Waals surface area contributed by atoms with Crippen molar-refractivity contribution in [1.29, 1.82) is 0 Å². The molecule has 4 rings (SSSR count). The molecule has 3 N–H and O–H groups in total. The molecule has 2 aliphatic rings. The summed E-state index contributed by atoms with van der Waals surface area (Å²) in [6, 6.07) is 7.29. The molecule has 1 fully saturated rings. The molecule has 2 aliphatic heterocycles. The van der Waals surface area contributed by atoms with Crippen molar-refractivity contribution in [2.24, 2.45) is 5.92 Å². The highest BCUT2D eigenvalue weighted by Crippen LogP contribution is 2.26. The summed E-state index contributed by atoms with van der Waals surface area (Å²) >= 11 is 0. The fourth-order valence-electron chi connectivity index (χ4n) is 4.91. The smallest absolute Gasteiger partial charge is 0.305 e. The third-order valence-corrected chi connectivity index (χ3v) is 6.82. The number of likely N-dealkylation sites (tertiary alicyclic amines) is 1. The molecule has 1 saturated heterocycles. The lowest BCUT2D eigenvalue weighted by molar-refractivity contribution is -0.138. The highest BCUT2D eigenvalue weighted by molar-refractivity contribution is 5.87. The van der Waals surface area contributed by atoms with Crippen molar-refractivity contribution in [3.8, 4) is 5.75 Å². The number of rotatable bonds is 11. The number of hydrogen-bond donors (Lipinski definition) is 3. The number of anilines is 1. The first kappa shape index (κ1) is 26.4. The molecular weight excluding hydrogens is 479 g/mol. The first-order chi connectivity index (χ1) is 17.8. The van der Waals surface area contributed by atoms with Crippen LogP contribution in [0.25, 0.3) is 0 Å². The van der Waals surface area contributed by atoms with Crippen molar-refractivity contribution >= 4 is 23.6 Å². The van der Waals surface area contributed by atoms with Gasteiger partial charge in [-0.2, -0.15) is 0 Å². The van der Waals surface area contributed by atoms with Crippen LogP contribution in [0.1, 0.15) is 55.5 Å². The van der Waals surface area contributed by atoms with Crippen LogP contribution in [-0.4, -0.2) is 59.0 Å². The van der Waals surface area contributed by atoms with Crippen molar-refractivity contribution in [2.75, 3.05) is 31.6 Å². The highest BCUT2D eigenvalue weighted by atomic mass is 19.1. The van der Waals surface area contributed by atoms with Crippen molar-refractivity contribution in [1.82, 2.24) is 15.2 Å². The summed E-state index contributed by atoms with van der Waals surface area (Å²) in [6.45, 7) is 3.22. The van der Waals surface area contributed by atoms with Crippen LogP contribution in [-0.2, 0) is 27.2 Å². The highest BCUT2D eigenvalue weighted by Gasteiger charge is 2.33. The number of ether oxygens (including phenoxy) is 1. The van der Waals surface area contributed by atoms with Gasteiger partial charge in [-0.3, -0.25) is 14.4 Å². The maximum Gasteiger partial charge on any atom is 0.305 e. The second kappa shape index (κ2) is 12.0. The van der Waals surface area contributed by atoms with Crippen molar-refractivity contribution in [3.05, 3.63) is 53.0 Å². The summed E-state index contributed by atoms with van der Waals surface area (Å²) in [5.74, 6) is -1.54. The van der Waals surface area contributed by atoms with E-state index in [1.165, 1.54) is 28.7 Å². The van der Waals surface area contributed by atoms with Crippen molar-refractivity contribution in [3.63, 3.8) is 0 Å². The topological polar surface area (TPSA) is 121 Å². The van der Waals surface area contributed by atoms with Gasteiger partial charge in [0.05, 0.1) is 25.6 Å². The van der Waals surface area contributed by atoms with E-state index in [-0.39, 0.29) is 30.7 Å². The van der Waals surface area contributed by atoms with E-state index in [0.29, 0.717) is 31.4 Å². The predicted octanol–water partition coefficient (Wildman–Crippen LogP) is 3.09. The zero-order chi connectivity index (χ0) is 26.4. The lowest BCUT2D eigenvalue weighted by Gasteiger charge is -2.21. The largest absolute Gasteiger partial charge is 0.491 e. The number of aliphatic carboxylic acids is 1. The number of fused-ring (bicyclic) bond motifs is 1. The van der Waals surface area contributed by atoms with E-state index in [1.54, 1.807) is 6.92 Å². The van der Waals surface area contributed by atoms with Gasteiger partial charge in [0.2, 0.25) is 11.8 Å². The van der Waals surface area contributed by atoms with Crippen LogP contribution in [0.2, 0.25) is 0 Å². The Balaban J connectivity index is 1.32. The van der Waals surface area contributed by atoms with Gasteiger partial charge in [-0.15, -0.1) is 0 Å². The normalized spacial score (nSPS) is 17.6. The Kier molecular flexibility index (Phi) is 8.58. The van der Waals surface area contributed by atoms with Crippen molar-refractivity contribution < 1.29 is 28.6 Å². The SMILES string of the molecule is CCOc1ccc([C@H](CC(=O)O)NC(=O)CN2CC[C@H](CCc3ccc4c(n3)NCCC4)C2=O)cc1F. The summed E-state index contributed by atoms with van der Waals surface area (Å²) in [4.78, 5) is 43.3. The van der Waals surface area contributed by atoms with Crippen LogP contribution >= 0.6 is 0 Å². The fraction of sp³-hybridized carbons (Fsp3) is 0.481. The number of carbonyl (C=O) groups is 3. The number of halogens is 1. The molecule has 37 heavy (non-hydrogen) atoms. The minimum absolute atomic E-state index is 0.0576. The second-order valence-electron chi connectivity index (χ2n) is 9.47. The van der Waals surface area contributed by atoms with Gasteiger partial charge in [-0.05, 0) is 68.4 Å². The van der Waals surface area contributed by atoms with Gasteiger partial charge >= 0.3 is 5.97 Å². The molecule has 10 heteroatoms. The lowest BCUT2D eigenvalue weighted by atomic mass is 9.99. The maximum atomic E-state index is 14.3. The Bertz CT molecular complexity index is 1160. The summed E-state index contributed by atoms with van der Waals surface area (Å²) in [6.07, 6.45) is 3.68. The molecule has 1 aromatic heterocycles. The molecule has 0 radical (unpaired) electrons. The summed E-state index contributed by atoms with van der Waals surface area (Å²) in [5.41, 5.74) is 2.48. The number of benzene rings is 1. The number of carbonyl (C=O) groups excluding carboxylic acids is 2. The standard InChI is InChI=1S/C27H33FN4O5/c1-2-37-23-10-7-19(14-21(23)28)22(15-25(34)35)31-24(33)16-32-13-11-18(27(32)36)6-9-20-8-5-17-4-3-12-29-26(17)30-20/h5,7-8,10,14,18,22H,2-4,6,9,11-13,15-16H2,1H3,(H,29,30)(H,31,33)(H,34,35)/t18-,22-/m0/s1. The van der Waals surface area contributed by atoms with Crippen LogP contribution < -0.4 is 15.4 Å². The van der Waals surface area contributed by atoms with Gasteiger partial charge in [0, 0.05) is 24.7 Å². The van der Waals surface area contributed by atoms with Gasteiger partial charge in [-0.25, -0.2) is 9.37 Å². The molecule has 1 aromatic carbocycles. The number of aryl methyl sites for hydroxylation is 2. The van der Waals surface area contributed by atoms with E-state index in [4.69, 9.17) is 9.72 Å². The molecule has 0 spiro atoms. The Morgan fingerprint density at radius 1 is 1.32 bits per heavy atom. The van der Waals surface area contributed by atoms with E-state index in [1.807, 2.05) is 6.07 Å². The third-order valence-electron chi connectivity index (χ3n) is 6.82. The van der Waals surface area contributed by atoms with Crippen LogP contribution in [0.4, 0.5) is 10.2 Å². The van der Waals surface area contributed by atoms with Crippen LogP contribution in [0, 0.1) is 11.7 Å². The molecule has 9 nitrogen and oxygen atoms in total. The number of carboxylic acid groups (broad SMARTS) is 1. The maximum absolute atomic E-state index is 14.3. The third kappa shape index (κ3) is 6.75. The number of nitrogens with zero attached hydrogens (tertiary/aromatic N) is 2. The zero-order valence-corrected chi connectivity index (χ0v) is 21.0. The lowest BCUT2D eigenvalue weighted by Crippen LogP contribution is -2.40. The Morgan fingerprint density at radius 2 is 2.16 bits per heavy atom. The van der Waals surface area contributed by atoms with E-state index in [0.717, 1.165) is 30.9 Å². The minimum atomic E-state index is -1.14. The summed E-state index contributed by atoms with van der Waals surface area (Å²) < 4.78 is 19.5. The van der Waals surface area contributed by atoms with Crippen LogP contribution in [0.15, 0.2) is 30.3 Å². The van der Waals surface area contributed by atoms with Crippen LogP contribution in [0.5, 0.6) is 5.75 Å². The minimum Gasteiger partial charge on any atom is -0.491 e. The first-order valence-corrected chi connectivity index (χ1v) is 12.8. The Hall–Kier alpha value is -3.69. The monoisotopic (exact) mass is 512 g/mol. The zero-order valence-electron chi connectivity index (χ0n) is 21.0. The molecule has 0 aliphatic carbocycles. The van der Waals surface area contributed by atoms with Crippen LogP contribution in [0.3, 0.4) is 0 Å². The average molecular weight is 513 g/mol. The van der Waals surface area contributed by atoms with E-state index in [2.05, 4.69) is 16.7 Å². The molecule has 198 valence electrons. The molecular formula is C27H33FN4O5. The number of carboxylic acids is 1. The van der Waals surface area contributed by atoms with Gasteiger partial charge < -0.3 is 25.4 Å². The molecule has 2 amide bonds. The first-order valence-electron chi connectivity index (χ1n) is 12.8. The van der Waals surface area contributed by atoms with Crippen molar-refractivity contribution in [2.45, 2.75) is 51.5 Å². The molecule has 2 aromatic rings. The van der Waals surface area contributed by atoms with E-state index in [9.17, 15) is 23.9 Å². The van der Waals surface area contributed by atoms with Gasteiger partial charge in [0.15, 0.2) is 11.6 Å². The van der Waals surface area contributed by atoms with E-state index < -0.39 is 30.2 Å². The molecule has 3 heterocycles. The fourth-order valence-corrected chi connectivity index (χ4v) is 4.91. The molecule has 0 unspecified atom stereocenters. The number of hydrogen-bond acceptors (Lipinski definition) is 6. The quantitative estimate of drug-likeness (QED) is 0.423. The van der Waals surface area contributed by atoms with E-state index >= 15 is 0 Å². The average Bonchev–Trinajstić information content (AvgIpc) is 3.22. The predicted molar refractivity (Wildman–Crippen MR) is 135 cm³/mol. The Labute approximate surface area is 215 Å². The molecule has 0 bridgehead atoms. The summed E-state index contributed by atoms with van der Waals surface area (Å²) in [7, 11) is 0. The van der Waals surface area contributed by atoms with Gasteiger partial charge in [0.25, 0.3) is 0 Å². The van der Waals surface area contributed by atoms with Gasteiger partial charge in [-0.1, -0.05) is 12.1 Å². The number of aromatic nitrogens is 1. The number of pyridine rings is 1. The number of amides is 2. The second-order valence-corrected chi connectivity index (χ2v) is 9.47. The molecule has 2 atom stereocenters. The molecule has 0 saturated carbocycles. The summed E-state index contributed by atoms with van der Waals surface area (Å²) in [5, 5.41) is 15.3. The Morgan fingerprint density at radius 3 is 2.92 bits per heavy atom. The van der Waals surface area contributed by atoms with Gasteiger partial charge in [0.1, 0.15) is 5.82 Å². The number of nitrogens with one attached hydrogen (secondary N) is 2.